The molecule has 0 bridgehead atoms. The number of ether oxygens (including phenoxy) is 1. The molecule has 1 aromatic rings. The molecule has 0 aromatic carbocycles. The molecular formula is C17H23F2N3O2. The van der Waals surface area contributed by atoms with Gasteiger partial charge in [0, 0.05) is 32.6 Å². The number of alkyl halides is 2. The summed E-state index contributed by atoms with van der Waals surface area (Å²) in [6, 6.07) is 3.24. The number of rotatable bonds is 5. The molecule has 7 heteroatoms. The monoisotopic (exact) mass is 339 g/mol. The Morgan fingerprint density at radius 2 is 2.00 bits per heavy atom. The van der Waals surface area contributed by atoms with E-state index in [1.165, 1.54) is 12.3 Å². The molecule has 2 aliphatic heterocycles. The van der Waals surface area contributed by atoms with Gasteiger partial charge in [-0.3, -0.25) is 4.79 Å². The van der Waals surface area contributed by atoms with E-state index in [0.29, 0.717) is 18.2 Å². The molecule has 3 rings (SSSR count). The number of hydrogen-bond acceptors (Lipinski definition) is 4. The van der Waals surface area contributed by atoms with Crippen molar-refractivity contribution in [2.75, 3.05) is 31.1 Å². The van der Waals surface area contributed by atoms with Crippen LogP contribution in [0.15, 0.2) is 18.3 Å². The molecule has 132 valence electrons. The van der Waals surface area contributed by atoms with Crippen LogP contribution in [0, 0.1) is 5.92 Å². The molecule has 2 aliphatic rings. The molecule has 24 heavy (non-hydrogen) atoms. The first kappa shape index (κ1) is 16.9. The highest BCUT2D eigenvalue weighted by Crippen LogP contribution is 2.25. The average molecular weight is 339 g/mol. The predicted molar refractivity (Wildman–Crippen MR) is 86.2 cm³/mol. The van der Waals surface area contributed by atoms with Gasteiger partial charge in [0.05, 0.1) is 6.20 Å². The minimum absolute atomic E-state index is 0.0762. The maximum Gasteiger partial charge on any atom is 0.387 e. The molecule has 0 N–H and O–H groups in total. The zero-order chi connectivity index (χ0) is 16.9. The van der Waals surface area contributed by atoms with E-state index < -0.39 is 6.61 Å². The summed E-state index contributed by atoms with van der Waals surface area (Å²) in [5.41, 5.74) is 0. The predicted octanol–water partition coefficient (Wildman–Crippen LogP) is 2.91. The van der Waals surface area contributed by atoms with Crippen LogP contribution in [0.3, 0.4) is 0 Å². The molecule has 0 spiro atoms. The number of likely N-dealkylation sites (tertiary alicyclic amines) is 1. The number of carbonyl (C=O) groups is 1. The maximum absolute atomic E-state index is 12.2. The summed E-state index contributed by atoms with van der Waals surface area (Å²) in [7, 11) is 0. The van der Waals surface area contributed by atoms with Gasteiger partial charge < -0.3 is 14.5 Å². The van der Waals surface area contributed by atoms with Gasteiger partial charge in [-0.05, 0) is 43.7 Å². The highest BCUT2D eigenvalue weighted by molar-refractivity contribution is 5.76. The van der Waals surface area contributed by atoms with Gasteiger partial charge >= 0.3 is 6.61 Å². The Kier molecular flexibility index (Phi) is 5.48. The maximum atomic E-state index is 12.2. The van der Waals surface area contributed by atoms with Crippen LogP contribution < -0.4 is 9.64 Å². The molecule has 0 unspecified atom stereocenters. The SMILES string of the molecule is O=C1CCCCN1CC1CCN(c2ccc(OC(F)F)cn2)CC1. The third kappa shape index (κ3) is 4.33. The van der Waals surface area contributed by atoms with E-state index in [9.17, 15) is 13.6 Å². The Balaban J connectivity index is 1.48. The van der Waals surface area contributed by atoms with Gasteiger partial charge in [-0.2, -0.15) is 8.78 Å². The Hall–Kier alpha value is -1.92. The highest BCUT2D eigenvalue weighted by Gasteiger charge is 2.25. The first-order valence-corrected chi connectivity index (χ1v) is 8.55. The molecule has 0 radical (unpaired) electrons. The second-order valence-corrected chi connectivity index (χ2v) is 6.46. The van der Waals surface area contributed by atoms with Gasteiger partial charge in [0.15, 0.2) is 0 Å². The molecule has 0 aliphatic carbocycles. The summed E-state index contributed by atoms with van der Waals surface area (Å²) >= 11 is 0. The zero-order valence-electron chi connectivity index (χ0n) is 13.7. The van der Waals surface area contributed by atoms with Crippen LogP contribution in [0.25, 0.3) is 0 Å². The number of amides is 1. The highest BCUT2D eigenvalue weighted by atomic mass is 19.3. The molecule has 0 saturated carbocycles. The number of piperidine rings is 2. The van der Waals surface area contributed by atoms with Crippen molar-refractivity contribution in [3.63, 3.8) is 0 Å². The van der Waals surface area contributed by atoms with Crippen molar-refractivity contribution in [1.82, 2.24) is 9.88 Å². The third-order valence-corrected chi connectivity index (χ3v) is 4.78. The number of halogens is 2. The number of aromatic nitrogens is 1. The van der Waals surface area contributed by atoms with E-state index in [-0.39, 0.29) is 5.75 Å². The standard InChI is InChI=1S/C17H23F2N3O2/c18-17(19)24-14-4-5-15(20-11-14)21-9-6-13(7-10-21)12-22-8-2-1-3-16(22)23/h4-5,11,13,17H,1-3,6-10,12H2. The van der Waals surface area contributed by atoms with Gasteiger partial charge in [0.25, 0.3) is 0 Å². The van der Waals surface area contributed by atoms with Crippen molar-refractivity contribution < 1.29 is 18.3 Å². The summed E-state index contributed by atoms with van der Waals surface area (Å²) in [6.45, 7) is 0.669. The molecular weight excluding hydrogens is 316 g/mol. The molecule has 1 amide bonds. The normalized spacial score (nSPS) is 19.9. The van der Waals surface area contributed by atoms with E-state index in [0.717, 1.165) is 57.7 Å². The Morgan fingerprint density at radius 1 is 1.21 bits per heavy atom. The van der Waals surface area contributed by atoms with Crippen LogP contribution in [0.5, 0.6) is 5.75 Å². The van der Waals surface area contributed by atoms with Crippen molar-refractivity contribution >= 4 is 11.7 Å². The van der Waals surface area contributed by atoms with E-state index in [1.807, 2.05) is 4.90 Å². The lowest BCUT2D eigenvalue weighted by atomic mass is 9.95. The third-order valence-electron chi connectivity index (χ3n) is 4.78. The Bertz CT molecular complexity index is 545. The average Bonchev–Trinajstić information content (AvgIpc) is 2.58. The van der Waals surface area contributed by atoms with Crippen molar-refractivity contribution in [1.29, 1.82) is 0 Å². The second-order valence-electron chi connectivity index (χ2n) is 6.46. The quantitative estimate of drug-likeness (QED) is 0.827. The van der Waals surface area contributed by atoms with Crippen molar-refractivity contribution in [2.45, 2.75) is 38.7 Å². The summed E-state index contributed by atoms with van der Waals surface area (Å²) in [6.07, 6.45) is 6.18. The van der Waals surface area contributed by atoms with Gasteiger partial charge in [-0.15, -0.1) is 0 Å². The number of pyridine rings is 1. The van der Waals surface area contributed by atoms with Crippen LogP contribution >= 0.6 is 0 Å². The van der Waals surface area contributed by atoms with Crippen LogP contribution in [0.4, 0.5) is 14.6 Å². The van der Waals surface area contributed by atoms with Gasteiger partial charge in [-0.25, -0.2) is 4.98 Å². The molecule has 2 saturated heterocycles. The van der Waals surface area contributed by atoms with Crippen molar-refractivity contribution in [3.8, 4) is 5.75 Å². The van der Waals surface area contributed by atoms with Crippen LogP contribution in [-0.2, 0) is 4.79 Å². The van der Waals surface area contributed by atoms with Crippen LogP contribution in [0.1, 0.15) is 32.1 Å². The largest absolute Gasteiger partial charge is 0.433 e. The topological polar surface area (TPSA) is 45.7 Å². The van der Waals surface area contributed by atoms with E-state index >= 15 is 0 Å². The van der Waals surface area contributed by atoms with Gasteiger partial charge in [-0.1, -0.05) is 0 Å². The van der Waals surface area contributed by atoms with E-state index in [4.69, 9.17) is 0 Å². The first-order valence-electron chi connectivity index (χ1n) is 8.55. The number of carbonyl (C=O) groups excluding carboxylic acids is 1. The van der Waals surface area contributed by atoms with Gasteiger partial charge in [0.1, 0.15) is 11.6 Å². The lowest BCUT2D eigenvalue weighted by Gasteiger charge is -2.36. The first-order chi connectivity index (χ1) is 11.6. The number of nitrogens with zero attached hydrogens (tertiary/aromatic N) is 3. The van der Waals surface area contributed by atoms with Gasteiger partial charge in [0.2, 0.25) is 5.91 Å². The summed E-state index contributed by atoms with van der Waals surface area (Å²) < 4.78 is 28.6. The molecule has 3 heterocycles. The molecule has 1 aromatic heterocycles. The fraction of sp³-hybridized carbons (Fsp3) is 0.647. The number of anilines is 1. The summed E-state index contributed by atoms with van der Waals surface area (Å²) in [5, 5.41) is 0. The summed E-state index contributed by atoms with van der Waals surface area (Å²) in [4.78, 5) is 20.3. The fourth-order valence-corrected chi connectivity index (χ4v) is 3.44. The minimum Gasteiger partial charge on any atom is -0.433 e. The Labute approximate surface area is 140 Å². The minimum atomic E-state index is -2.83. The van der Waals surface area contributed by atoms with Crippen molar-refractivity contribution in [2.24, 2.45) is 5.92 Å². The lowest BCUT2D eigenvalue weighted by Crippen LogP contribution is -2.42. The molecule has 5 nitrogen and oxygen atoms in total. The Morgan fingerprint density at radius 3 is 2.62 bits per heavy atom. The fourth-order valence-electron chi connectivity index (χ4n) is 3.44. The van der Waals surface area contributed by atoms with E-state index in [2.05, 4.69) is 14.6 Å². The number of hydrogen-bond donors (Lipinski definition) is 0. The lowest BCUT2D eigenvalue weighted by molar-refractivity contribution is -0.134. The summed E-state index contributed by atoms with van der Waals surface area (Å²) in [5.74, 6) is 1.68. The molecule has 2 fully saturated rings. The van der Waals surface area contributed by atoms with Crippen molar-refractivity contribution in [3.05, 3.63) is 18.3 Å². The zero-order valence-corrected chi connectivity index (χ0v) is 13.7. The van der Waals surface area contributed by atoms with Crippen LogP contribution in [0.2, 0.25) is 0 Å². The smallest absolute Gasteiger partial charge is 0.387 e. The second kappa shape index (κ2) is 7.77. The molecule has 0 atom stereocenters. The van der Waals surface area contributed by atoms with Crippen LogP contribution in [-0.4, -0.2) is 48.6 Å². The van der Waals surface area contributed by atoms with E-state index in [1.54, 1.807) is 6.07 Å².